The second-order valence-corrected chi connectivity index (χ2v) is 15.6. The molecule has 3 rings (SSSR count). The maximum atomic E-state index is 13.9. The zero-order chi connectivity index (χ0) is 24.2. The van der Waals surface area contributed by atoms with Crippen LogP contribution in [0.15, 0.2) is 30.3 Å². The number of carbonyl (C=O) groups is 2. The molecule has 184 valence electrons. The van der Waals surface area contributed by atoms with E-state index < -0.39 is 20.5 Å². The molecule has 1 heterocycles. The van der Waals surface area contributed by atoms with Crippen LogP contribution in [0.4, 0.5) is 4.79 Å². The van der Waals surface area contributed by atoms with Gasteiger partial charge in [0.2, 0.25) is 8.32 Å². The normalized spacial score (nSPS) is 20.9. The predicted octanol–water partition coefficient (Wildman–Crippen LogP) is 5.56. The number of nitrogens with zero attached hydrogens (tertiary/aromatic N) is 1. The average Bonchev–Trinajstić information content (AvgIpc) is 3.55. The smallest absolute Gasteiger partial charge is 0.417 e. The summed E-state index contributed by atoms with van der Waals surface area (Å²) in [6, 6.07) is 9.66. The molecule has 2 amide bonds. The molecule has 1 aromatic carbocycles. The Morgan fingerprint density at radius 3 is 2.30 bits per heavy atom. The first-order valence-corrected chi connectivity index (χ1v) is 14.6. The van der Waals surface area contributed by atoms with Gasteiger partial charge in [-0.15, -0.1) is 0 Å². The fraction of sp³-hybridized carbons (Fsp3) is 0.692. The summed E-state index contributed by atoms with van der Waals surface area (Å²) in [5.74, 6) is -0.0275. The lowest BCUT2D eigenvalue weighted by atomic mass is 10.1. The number of carbonyl (C=O) groups excluding carboxylic acids is 2. The van der Waals surface area contributed by atoms with Crippen molar-refractivity contribution in [1.29, 1.82) is 0 Å². The number of methoxy groups -OCH3 is 1. The van der Waals surface area contributed by atoms with Crippen LogP contribution in [-0.4, -0.2) is 57.7 Å². The fourth-order valence-corrected chi connectivity index (χ4v) is 11.3. The van der Waals surface area contributed by atoms with E-state index in [9.17, 15) is 9.59 Å². The highest BCUT2D eigenvalue weighted by Gasteiger charge is 2.54. The molecule has 0 bridgehead atoms. The van der Waals surface area contributed by atoms with E-state index in [2.05, 4.69) is 34.6 Å². The maximum Gasteiger partial charge on any atom is 0.417 e. The molecule has 1 aliphatic heterocycles. The molecule has 0 aromatic heterocycles. The molecule has 0 radical (unpaired) electrons. The van der Waals surface area contributed by atoms with Gasteiger partial charge in [0.05, 0.1) is 6.04 Å². The van der Waals surface area contributed by atoms with Crippen molar-refractivity contribution in [3.8, 4) is 0 Å². The summed E-state index contributed by atoms with van der Waals surface area (Å²) in [5.41, 5.74) is 2.09. The molecule has 0 N–H and O–H groups in total. The largest absolute Gasteiger partial charge is 0.447 e. The summed E-state index contributed by atoms with van der Waals surface area (Å²) >= 11 is 0. The number of benzene rings is 1. The molecule has 33 heavy (non-hydrogen) atoms. The first-order valence-electron chi connectivity index (χ1n) is 12.4. The highest BCUT2D eigenvalue weighted by molar-refractivity contribution is 6.77. The number of amides is 2. The van der Waals surface area contributed by atoms with E-state index in [-0.39, 0.29) is 24.5 Å². The van der Waals surface area contributed by atoms with Gasteiger partial charge >= 0.3 is 6.09 Å². The zero-order valence-electron chi connectivity index (χ0n) is 21.1. The Labute approximate surface area is 200 Å². The van der Waals surface area contributed by atoms with Gasteiger partial charge < -0.3 is 13.9 Å². The summed E-state index contributed by atoms with van der Waals surface area (Å²) < 4.78 is 17.8. The molecule has 2 fully saturated rings. The molecule has 1 aromatic rings. The van der Waals surface area contributed by atoms with Crippen molar-refractivity contribution >= 4 is 20.3 Å². The lowest BCUT2D eigenvalue weighted by Gasteiger charge is -2.46. The molecule has 1 saturated carbocycles. The van der Waals surface area contributed by atoms with Crippen LogP contribution in [0, 0.1) is 5.92 Å². The van der Waals surface area contributed by atoms with E-state index in [4.69, 9.17) is 13.9 Å². The third kappa shape index (κ3) is 5.69. The van der Waals surface area contributed by atoms with Gasteiger partial charge in [0.15, 0.2) is 0 Å². The Morgan fingerprint density at radius 2 is 1.76 bits per heavy atom. The van der Waals surface area contributed by atoms with Crippen LogP contribution >= 0.6 is 0 Å². The Bertz CT molecular complexity index is 787. The highest BCUT2D eigenvalue weighted by atomic mass is 28.4. The lowest BCUT2D eigenvalue weighted by molar-refractivity contribution is -0.138. The average molecular weight is 476 g/mol. The zero-order valence-corrected chi connectivity index (χ0v) is 22.1. The van der Waals surface area contributed by atoms with Gasteiger partial charge in [0, 0.05) is 13.7 Å². The summed E-state index contributed by atoms with van der Waals surface area (Å²) in [6.07, 6.45) is 2.33. The minimum Gasteiger partial charge on any atom is -0.447 e. The molecule has 2 aliphatic rings. The lowest BCUT2D eigenvalue weighted by Crippen LogP contribution is -2.56. The SMILES string of the molecule is COCCC(C)[Si](O[C@H](C(=O)N1C(=O)OC[C@@H]1Cc1ccccc1)C1CC1)(C(C)C)C(C)C. The molecule has 1 aliphatic carbocycles. The van der Waals surface area contributed by atoms with Crippen molar-refractivity contribution in [3.63, 3.8) is 0 Å². The molecule has 3 atom stereocenters. The predicted molar refractivity (Wildman–Crippen MR) is 132 cm³/mol. The van der Waals surface area contributed by atoms with Crippen molar-refractivity contribution in [1.82, 2.24) is 4.90 Å². The number of cyclic esters (lactones) is 1. The summed E-state index contributed by atoms with van der Waals surface area (Å²) in [4.78, 5) is 27.9. The van der Waals surface area contributed by atoms with Crippen LogP contribution < -0.4 is 0 Å². The second kappa shape index (κ2) is 11.1. The second-order valence-electron chi connectivity index (χ2n) is 10.4. The third-order valence-corrected chi connectivity index (χ3v) is 13.6. The molecule has 1 saturated heterocycles. The van der Waals surface area contributed by atoms with Gasteiger partial charge in [-0.25, -0.2) is 9.69 Å². The molecule has 1 unspecified atom stereocenters. The monoisotopic (exact) mass is 475 g/mol. The van der Waals surface area contributed by atoms with Crippen LogP contribution in [-0.2, 0) is 25.1 Å². The van der Waals surface area contributed by atoms with Crippen LogP contribution in [0.3, 0.4) is 0 Å². The van der Waals surface area contributed by atoms with E-state index in [1.54, 1.807) is 7.11 Å². The van der Waals surface area contributed by atoms with Crippen molar-refractivity contribution in [2.75, 3.05) is 20.3 Å². The van der Waals surface area contributed by atoms with Gasteiger partial charge in [0.1, 0.15) is 12.7 Å². The minimum atomic E-state index is -2.39. The van der Waals surface area contributed by atoms with Crippen LogP contribution in [0.1, 0.15) is 59.4 Å². The Hall–Kier alpha value is -1.70. The number of ether oxygens (including phenoxy) is 2. The third-order valence-electron chi connectivity index (χ3n) is 7.47. The van der Waals surface area contributed by atoms with E-state index in [1.807, 2.05) is 30.3 Å². The van der Waals surface area contributed by atoms with Gasteiger partial charge in [0.25, 0.3) is 5.91 Å². The van der Waals surface area contributed by atoms with Crippen LogP contribution in [0.25, 0.3) is 0 Å². The fourth-order valence-electron chi connectivity index (χ4n) is 5.58. The Morgan fingerprint density at radius 1 is 1.12 bits per heavy atom. The van der Waals surface area contributed by atoms with Crippen molar-refractivity contribution in [2.45, 2.75) is 89.1 Å². The van der Waals surface area contributed by atoms with Crippen LogP contribution in [0.2, 0.25) is 16.6 Å². The topological polar surface area (TPSA) is 65.1 Å². The maximum absolute atomic E-state index is 13.9. The van der Waals surface area contributed by atoms with E-state index in [0.29, 0.717) is 29.7 Å². The quantitative estimate of drug-likeness (QED) is 0.370. The van der Waals surface area contributed by atoms with Crippen molar-refractivity contribution in [3.05, 3.63) is 35.9 Å². The van der Waals surface area contributed by atoms with E-state index in [1.165, 1.54) is 4.90 Å². The highest BCUT2D eigenvalue weighted by Crippen LogP contribution is 2.48. The first kappa shape index (κ1) is 25.9. The minimum absolute atomic E-state index is 0.183. The van der Waals surface area contributed by atoms with Gasteiger partial charge in [-0.1, -0.05) is 65.0 Å². The number of imide groups is 1. The van der Waals surface area contributed by atoms with E-state index >= 15 is 0 Å². The standard InChI is InChI=1S/C26H41NO5Si/c1-18(2)33(19(3)4,20(5)14-15-30-6)32-24(22-12-13-22)25(28)27-23(17-31-26(27)29)16-21-10-8-7-9-11-21/h7-11,18-20,22-24H,12-17H2,1-6H3/t20?,23-,24-/m0/s1. The number of hydrogen-bond acceptors (Lipinski definition) is 5. The summed E-state index contributed by atoms with van der Waals surface area (Å²) in [5, 5.41) is 0. The van der Waals surface area contributed by atoms with Gasteiger partial charge in [-0.05, 0) is 53.8 Å². The molecule has 6 nitrogen and oxygen atoms in total. The molecule has 7 heteroatoms. The van der Waals surface area contributed by atoms with Crippen LogP contribution in [0.5, 0.6) is 0 Å². The summed E-state index contributed by atoms with van der Waals surface area (Å²) in [6.45, 7) is 12.1. The van der Waals surface area contributed by atoms with Gasteiger partial charge in [-0.2, -0.15) is 0 Å². The van der Waals surface area contributed by atoms with Gasteiger partial charge in [-0.3, -0.25) is 4.79 Å². The first-order chi connectivity index (χ1) is 15.7. The Kier molecular flexibility index (Phi) is 8.75. The van der Waals surface area contributed by atoms with E-state index in [0.717, 1.165) is 24.8 Å². The Balaban J connectivity index is 1.87. The van der Waals surface area contributed by atoms with Crippen molar-refractivity contribution in [2.24, 2.45) is 5.92 Å². The summed E-state index contributed by atoms with van der Waals surface area (Å²) in [7, 11) is -0.662. The molecule has 0 spiro atoms. The van der Waals surface area contributed by atoms with Crippen molar-refractivity contribution < 1.29 is 23.5 Å². The number of hydrogen-bond donors (Lipinski definition) is 0. The molecular formula is C26H41NO5Si. The molecular weight excluding hydrogens is 434 g/mol. The number of rotatable bonds is 12.